The molecule has 0 aliphatic rings. The van der Waals surface area contributed by atoms with Gasteiger partial charge in [0.1, 0.15) is 11.2 Å². The highest BCUT2D eigenvalue weighted by Gasteiger charge is 2.21. The number of benzene rings is 6. The number of hydrogen-bond donors (Lipinski definition) is 0. The molecule has 10 aromatic rings. The van der Waals surface area contributed by atoms with E-state index in [1.165, 1.54) is 0 Å². The lowest BCUT2D eigenvalue weighted by molar-refractivity contribution is 0.667. The van der Waals surface area contributed by atoms with Crippen LogP contribution in [0.25, 0.3) is 94.5 Å². The SMILES string of the molecule is c1ccc(-c2nc(-c3cccc4ccccc34)nc(-c3cccc4c3oc3c(-n5c6ccccc6c6cccnc65)cccc34)n2)cc1. The van der Waals surface area contributed by atoms with Crippen LogP contribution >= 0.6 is 0 Å². The molecular formula is C42H25N5O. The van der Waals surface area contributed by atoms with Crippen LogP contribution in [0.5, 0.6) is 0 Å². The molecule has 0 saturated carbocycles. The highest BCUT2D eigenvalue weighted by atomic mass is 16.3. The molecule has 6 aromatic carbocycles. The van der Waals surface area contributed by atoms with Crippen LogP contribution in [0.15, 0.2) is 156 Å². The summed E-state index contributed by atoms with van der Waals surface area (Å²) in [6.07, 6.45) is 1.84. The zero-order valence-corrected chi connectivity index (χ0v) is 25.6. The maximum Gasteiger partial charge on any atom is 0.167 e. The van der Waals surface area contributed by atoms with Gasteiger partial charge >= 0.3 is 0 Å². The van der Waals surface area contributed by atoms with E-state index in [1.807, 2.05) is 72.9 Å². The number of rotatable bonds is 4. The van der Waals surface area contributed by atoms with Gasteiger partial charge in [-0.1, -0.05) is 115 Å². The number of nitrogens with zero attached hydrogens (tertiary/aromatic N) is 5. The number of pyridine rings is 1. The van der Waals surface area contributed by atoms with E-state index in [0.717, 1.165) is 77.0 Å². The van der Waals surface area contributed by atoms with Gasteiger partial charge in [-0.15, -0.1) is 0 Å². The molecule has 0 radical (unpaired) electrons. The van der Waals surface area contributed by atoms with Gasteiger partial charge in [-0.25, -0.2) is 19.9 Å². The lowest BCUT2D eigenvalue weighted by atomic mass is 10.0. The standard InChI is InChI=1S/C42H25N5O/c1-2-13-27(14-3-1)39-44-40(32-20-8-15-26-12-4-5-16-28(26)32)46-41(45-39)34-21-9-18-30-31-19-10-24-36(38(31)48-37(30)34)47-35-23-7-6-17-29(35)33-22-11-25-43-42(33)47/h1-25H. The van der Waals surface area contributed by atoms with Crippen molar-refractivity contribution in [3.63, 3.8) is 0 Å². The van der Waals surface area contributed by atoms with Gasteiger partial charge in [0.05, 0.1) is 16.8 Å². The van der Waals surface area contributed by atoms with Crippen molar-refractivity contribution >= 4 is 54.6 Å². The van der Waals surface area contributed by atoms with Crippen molar-refractivity contribution in [3.8, 4) is 39.9 Å². The molecular weight excluding hydrogens is 590 g/mol. The summed E-state index contributed by atoms with van der Waals surface area (Å²) in [7, 11) is 0. The Morgan fingerprint density at radius 1 is 0.438 bits per heavy atom. The second-order valence-corrected chi connectivity index (χ2v) is 11.9. The fourth-order valence-electron chi connectivity index (χ4n) is 6.95. The van der Waals surface area contributed by atoms with Gasteiger partial charge in [-0.2, -0.15) is 0 Å². The molecule has 0 atom stereocenters. The van der Waals surface area contributed by atoms with Crippen molar-refractivity contribution in [2.75, 3.05) is 0 Å². The van der Waals surface area contributed by atoms with Crippen molar-refractivity contribution in [1.29, 1.82) is 0 Å². The highest BCUT2D eigenvalue weighted by Crippen LogP contribution is 2.40. The lowest BCUT2D eigenvalue weighted by Crippen LogP contribution is -2.00. The fraction of sp³-hybridized carbons (Fsp3) is 0. The Morgan fingerprint density at radius 3 is 1.96 bits per heavy atom. The smallest absolute Gasteiger partial charge is 0.167 e. The van der Waals surface area contributed by atoms with E-state index in [4.69, 9.17) is 24.4 Å². The fourth-order valence-corrected chi connectivity index (χ4v) is 6.95. The predicted octanol–water partition coefficient (Wildman–Crippen LogP) is 10.4. The summed E-state index contributed by atoms with van der Waals surface area (Å²) < 4.78 is 9.10. The third-order valence-corrected chi connectivity index (χ3v) is 9.12. The highest BCUT2D eigenvalue weighted by molar-refractivity contribution is 6.13. The molecule has 0 spiro atoms. The van der Waals surface area contributed by atoms with E-state index in [-0.39, 0.29) is 0 Å². The largest absolute Gasteiger partial charge is 0.453 e. The van der Waals surface area contributed by atoms with Crippen LogP contribution in [-0.2, 0) is 0 Å². The van der Waals surface area contributed by atoms with Crippen molar-refractivity contribution in [3.05, 3.63) is 152 Å². The first-order chi connectivity index (χ1) is 23.8. The Kier molecular flexibility index (Phi) is 5.77. The molecule has 4 heterocycles. The summed E-state index contributed by atoms with van der Waals surface area (Å²) in [5, 5.41) is 6.46. The summed E-state index contributed by atoms with van der Waals surface area (Å²) in [4.78, 5) is 20.0. The molecule has 10 rings (SSSR count). The molecule has 4 aromatic heterocycles. The molecule has 224 valence electrons. The maximum absolute atomic E-state index is 6.90. The number of para-hydroxylation sites is 3. The van der Waals surface area contributed by atoms with Crippen LogP contribution in [0.2, 0.25) is 0 Å². The Bertz CT molecular complexity index is 2790. The number of furan rings is 1. The van der Waals surface area contributed by atoms with E-state index >= 15 is 0 Å². The molecule has 0 bridgehead atoms. The normalized spacial score (nSPS) is 11.8. The molecule has 0 N–H and O–H groups in total. The quantitative estimate of drug-likeness (QED) is 0.197. The van der Waals surface area contributed by atoms with Crippen LogP contribution < -0.4 is 0 Å². The molecule has 0 unspecified atom stereocenters. The van der Waals surface area contributed by atoms with E-state index < -0.39 is 0 Å². The van der Waals surface area contributed by atoms with Gasteiger partial charge in [0.15, 0.2) is 23.1 Å². The molecule has 0 aliphatic carbocycles. The Balaban J connectivity index is 1.24. The first-order valence-electron chi connectivity index (χ1n) is 15.9. The minimum absolute atomic E-state index is 0.552. The Morgan fingerprint density at radius 2 is 1.06 bits per heavy atom. The van der Waals surface area contributed by atoms with Crippen LogP contribution in [0.4, 0.5) is 0 Å². The van der Waals surface area contributed by atoms with Gasteiger partial charge in [0.25, 0.3) is 0 Å². The number of fused-ring (bicyclic) bond motifs is 7. The second-order valence-electron chi connectivity index (χ2n) is 11.9. The van der Waals surface area contributed by atoms with Crippen molar-refractivity contribution < 1.29 is 4.42 Å². The monoisotopic (exact) mass is 615 g/mol. The van der Waals surface area contributed by atoms with Crippen LogP contribution in [-0.4, -0.2) is 24.5 Å². The van der Waals surface area contributed by atoms with E-state index in [9.17, 15) is 0 Å². The van der Waals surface area contributed by atoms with Crippen molar-refractivity contribution in [1.82, 2.24) is 24.5 Å². The van der Waals surface area contributed by atoms with Crippen molar-refractivity contribution in [2.24, 2.45) is 0 Å². The molecule has 6 nitrogen and oxygen atoms in total. The minimum atomic E-state index is 0.552. The average molecular weight is 616 g/mol. The number of hydrogen-bond acceptors (Lipinski definition) is 5. The second kappa shape index (κ2) is 10.4. The minimum Gasteiger partial charge on any atom is -0.453 e. The van der Waals surface area contributed by atoms with Crippen LogP contribution in [0.1, 0.15) is 0 Å². The molecule has 48 heavy (non-hydrogen) atoms. The molecule has 0 fully saturated rings. The van der Waals surface area contributed by atoms with E-state index in [1.54, 1.807) is 0 Å². The number of aromatic nitrogens is 5. The molecule has 0 amide bonds. The van der Waals surface area contributed by atoms with Crippen LogP contribution in [0, 0.1) is 0 Å². The topological polar surface area (TPSA) is 69.6 Å². The third kappa shape index (κ3) is 3.99. The van der Waals surface area contributed by atoms with Crippen molar-refractivity contribution in [2.45, 2.75) is 0 Å². The summed E-state index contributed by atoms with van der Waals surface area (Å²) in [6.45, 7) is 0. The summed E-state index contributed by atoms with van der Waals surface area (Å²) in [5.74, 6) is 1.77. The molecule has 6 heteroatoms. The summed E-state index contributed by atoms with van der Waals surface area (Å²) >= 11 is 0. The molecule has 0 aliphatic heterocycles. The first-order valence-corrected chi connectivity index (χ1v) is 15.9. The zero-order chi connectivity index (χ0) is 31.6. The average Bonchev–Trinajstić information content (AvgIpc) is 3.71. The van der Waals surface area contributed by atoms with Gasteiger partial charge in [0, 0.05) is 38.9 Å². The first kappa shape index (κ1) is 26.5. The lowest BCUT2D eigenvalue weighted by Gasteiger charge is -2.10. The molecule has 0 saturated heterocycles. The van der Waals surface area contributed by atoms with Gasteiger partial charge < -0.3 is 4.42 Å². The predicted molar refractivity (Wildman–Crippen MR) is 193 cm³/mol. The summed E-state index contributed by atoms with van der Waals surface area (Å²) in [5.41, 5.74) is 7.06. The Hall–Kier alpha value is -6.66. The maximum atomic E-state index is 6.90. The van der Waals surface area contributed by atoms with Gasteiger partial charge in [-0.05, 0) is 41.1 Å². The zero-order valence-electron chi connectivity index (χ0n) is 25.6. The summed E-state index contributed by atoms with van der Waals surface area (Å²) in [6, 6.07) is 49.6. The third-order valence-electron chi connectivity index (χ3n) is 9.12. The Labute approximate surface area is 274 Å². The van der Waals surface area contributed by atoms with Crippen LogP contribution in [0.3, 0.4) is 0 Å². The van der Waals surface area contributed by atoms with E-state index in [0.29, 0.717) is 17.5 Å². The van der Waals surface area contributed by atoms with Gasteiger partial charge in [-0.3, -0.25) is 4.57 Å². The van der Waals surface area contributed by atoms with E-state index in [2.05, 4.69) is 83.4 Å². The van der Waals surface area contributed by atoms with Gasteiger partial charge in [0.2, 0.25) is 0 Å².